The second-order valence-corrected chi connectivity index (χ2v) is 6.43. The molecule has 0 spiro atoms. The van der Waals surface area contributed by atoms with Crippen LogP contribution in [0.1, 0.15) is 23.9 Å². The Morgan fingerprint density at radius 2 is 2.18 bits per heavy atom. The summed E-state index contributed by atoms with van der Waals surface area (Å²) in [4.78, 5) is 22.6. The van der Waals surface area contributed by atoms with Crippen molar-refractivity contribution in [2.24, 2.45) is 0 Å². The minimum atomic E-state index is -0.128. The van der Waals surface area contributed by atoms with Crippen LogP contribution >= 0.6 is 15.9 Å². The lowest BCUT2D eigenvalue weighted by Crippen LogP contribution is -2.44. The number of halogens is 1. The molecular weight excluding hydrogens is 344 g/mol. The lowest BCUT2D eigenvalue weighted by molar-refractivity contribution is 0.182. The number of rotatable bonds is 1. The first kappa shape index (κ1) is 15.0. The van der Waals surface area contributed by atoms with Gasteiger partial charge in [0.2, 0.25) is 0 Å². The number of nitrogens with one attached hydrogen (secondary N) is 1. The molecule has 0 unspecified atom stereocenters. The minimum absolute atomic E-state index is 0.128. The Bertz CT molecular complexity index is 719. The van der Waals surface area contributed by atoms with Crippen molar-refractivity contribution in [2.75, 3.05) is 5.32 Å². The smallest absolute Gasteiger partial charge is 0.317 e. The van der Waals surface area contributed by atoms with Gasteiger partial charge in [-0.3, -0.25) is 5.32 Å². The van der Waals surface area contributed by atoms with E-state index in [4.69, 9.17) is 0 Å². The molecule has 1 aliphatic rings. The first-order chi connectivity index (χ1) is 10.5. The zero-order chi connectivity index (χ0) is 15.7. The van der Waals surface area contributed by atoms with E-state index in [-0.39, 0.29) is 12.1 Å². The standard InChI is InChI=1S/C16H17BrN4O/c1-10-7-12-3-4-14(17)8-13(12)9-21(10)16(22)20-15-5-6-18-11(2)19-15/h3-6,8,10H,7,9H2,1-2H3,(H,18,19,20,22)/t10-/m0/s1. The Morgan fingerprint density at radius 1 is 1.36 bits per heavy atom. The number of aryl methyl sites for hydroxylation is 1. The molecular formula is C16H17BrN4O. The van der Waals surface area contributed by atoms with Gasteiger partial charge in [0, 0.05) is 23.3 Å². The Kier molecular flexibility index (Phi) is 4.11. The van der Waals surface area contributed by atoms with Gasteiger partial charge in [-0.05, 0) is 49.6 Å². The van der Waals surface area contributed by atoms with Crippen LogP contribution in [0.4, 0.5) is 10.6 Å². The summed E-state index contributed by atoms with van der Waals surface area (Å²) in [6.07, 6.45) is 2.50. The number of aromatic nitrogens is 2. The highest BCUT2D eigenvalue weighted by molar-refractivity contribution is 9.10. The maximum atomic E-state index is 12.5. The van der Waals surface area contributed by atoms with Gasteiger partial charge >= 0.3 is 6.03 Å². The largest absolute Gasteiger partial charge is 0.323 e. The molecule has 0 bridgehead atoms. The van der Waals surface area contributed by atoms with Crippen LogP contribution in [-0.2, 0) is 13.0 Å². The summed E-state index contributed by atoms with van der Waals surface area (Å²) in [5.41, 5.74) is 2.49. The Hall–Kier alpha value is -1.95. The van der Waals surface area contributed by atoms with E-state index < -0.39 is 0 Å². The summed E-state index contributed by atoms with van der Waals surface area (Å²) in [5.74, 6) is 1.17. The molecule has 0 fully saturated rings. The topological polar surface area (TPSA) is 58.1 Å². The highest BCUT2D eigenvalue weighted by atomic mass is 79.9. The number of carbonyl (C=O) groups is 1. The van der Waals surface area contributed by atoms with Crippen molar-refractivity contribution in [1.82, 2.24) is 14.9 Å². The van der Waals surface area contributed by atoms with Crippen LogP contribution in [0, 0.1) is 6.92 Å². The fraction of sp³-hybridized carbons (Fsp3) is 0.312. The van der Waals surface area contributed by atoms with Gasteiger partial charge in [0.1, 0.15) is 11.6 Å². The van der Waals surface area contributed by atoms with Gasteiger partial charge in [0.05, 0.1) is 0 Å². The molecule has 22 heavy (non-hydrogen) atoms. The molecule has 0 radical (unpaired) electrons. The quantitative estimate of drug-likeness (QED) is 0.846. The van der Waals surface area contributed by atoms with E-state index in [0.717, 1.165) is 10.9 Å². The van der Waals surface area contributed by atoms with Gasteiger partial charge < -0.3 is 4.90 Å². The molecule has 1 aromatic heterocycles. The average Bonchev–Trinajstić information content (AvgIpc) is 2.47. The zero-order valence-corrected chi connectivity index (χ0v) is 14.1. The molecule has 6 heteroatoms. The molecule has 0 saturated carbocycles. The van der Waals surface area contributed by atoms with Gasteiger partial charge in [0.15, 0.2) is 0 Å². The number of urea groups is 1. The molecule has 114 valence electrons. The van der Waals surface area contributed by atoms with Crippen molar-refractivity contribution in [3.05, 3.63) is 51.9 Å². The molecule has 2 aromatic rings. The van der Waals surface area contributed by atoms with E-state index in [1.807, 2.05) is 11.0 Å². The number of carbonyl (C=O) groups excluding carboxylic acids is 1. The summed E-state index contributed by atoms with van der Waals surface area (Å²) >= 11 is 3.49. The van der Waals surface area contributed by atoms with Crippen LogP contribution in [0.5, 0.6) is 0 Å². The van der Waals surface area contributed by atoms with E-state index >= 15 is 0 Å². The van der Waals surface area contributed by atoms with Crippen LogP contribution in [0.25, 0.3) is 0 Å². The molecule has 0 saturated heterocycles. The maximum Gasteiger partial charge on any atom is 0.323 e. The summed E-state index contributed by atoms with van der Waals surface area (Å²) in [5, 5.41) is 2.85. The molecule has 1 aliphatic heterocycles. The van der Waals surface area contributed by atoms with Crippen molar-refractivity contribution < 1.29 is 4.79 Å². The highest BCUT2D eigenvalue weighted by Gasteiger charge is 2.27. The third-order valence-corrected chi connectivity index (χ3v) is 4.32. The molecule has 1 aromatic carbocycles. The normalized spacial score (nSPS) is 17.0. The van der Waals surface area contributed by atoms with E-state index in [1.165, 1.54) is 11.1 Å². The molecule has 3 rings (SSSR count). The van der Waals surface area contributed by atoms with Gasteiger partial charge in [0.25, 0.3) is 0 Å². The number of benzene rings is 1. The van der Waals surface area contributed by atoms with E-state index in [2.05, 4.69) is 50.3 Å². The molecule has 2 heterocycles. The average molecular weight is 361 g/mol. The Morgan fingerprint density at radius 3 is 2.95 bits per heavy atom. The number of hydrogen-bond acceptors (Lipinski definition) is 3. The van der Waals surface area contributed by atoms with Crippen molar-refractivity contribution in [3.8, 4) is 0 Å². The third-order valence-electron chi connectivity index (χ3n) is 3.83. The van der Waals surface area contributed by atoms with E-state index in [9.17, 15) is 4.79 Å². The lowest BCUT2D eigenvalue weighted by Gasteiger charge is -2.34. The SMILES string of the molecule is Cc1nccc(NC(=O)N2Cc3cc(Br)ccc3C[C@@H]2C)n1. The fourth-order valence-corrected chi connectivity index (χ4v) is 3.10. The highest BCUT2D eigenvalue weighted by Crippen LogP contribution is 2.26. The van der Waals surface area contributed by atoms with E-state index in [0.29, 0.717) is 18.2 Å². The van der Waals surface area contributed by atoms with Gasteiger partial charge in [-0.2, -0.15) is 0 Å². The second-order valence-electron chi connectivity index (χ2n) is 5.51. The monoisotopic (exact) mass is 360 g/mol. The second kappa shape index (κ2) is 6.04. The summed E-state index contributed by atoms with van der Waals surface area (Å²) in [7, 11) is 0. The van der Waals surface area contributed by atoms with Gasteiger partial charge in [-0.25, -0.2) is 14.8 Å². The van der Waals surface area contributed by atoms with Crippen LogP contribution in [0.2, 0.25) is 0 Å². The van der Waals surface area contributed by atoms with Crippen molar-refractivity contribution in [1.29, 1.82) is 0 Å². The van der Waals surface area contributed by atoms with Crippen LogP contribution in [-0.4, -0.2) is 26.9 Å². The summed E-state index contributed by atoms with van der Waals surface area (Å²) in [6, 6.07) is 7.97. The number of fused-ring (bicyclic) bond motifs is 1. The number of hydrogen-bond donors (Lipinski definition) is 1. The fourth-order valence-electron chi connectivity index (χ4n) is 2.69. The Balaban J connectivity index is 1.78. The van der Waals surface area contributed by atoms with Crippen LogP contribution < -0.4 is 5.32 Å². The minimum Gasteiger partial charge on any atom is -0.317 e. The maximum absolute atomic E-state index is 12.5. The first-order valence-electron chi connectivity index (χ1n) is 7.17. The number of anilines is 1. The summed E-state index contributed by atoms with van der Waals surface area (Å²) < 4.78 is 1.03. The predicted octanol–water partition coefficient (Wildman–Crippen LogP) is 3.53. The lowest BCUT2D eigenvalue weighted by atomic mass is 9.95. The number of amides is 2. The summed E-state index contributed by atoms with van der Waals surface area (Å²) in [6.45, 7) is 4.47. The van der Waals surface area contributed by atoms with Gasteiger partial charge in [-0.1, -0.05) is 22.0 Å². The third kappa shape index (κ3) is 3.11. The predicted molar refractivity (Wildman–Crippen MR) is 88.6 cm³/mol. The van der Waals surface area contributed by atoms with Crippen molar-refractivity contribution >= 4 is 27.8 Å². The molecule has 0 aliphatic carbocycles. The molecule has 1 atom stereocenters. The first-order valence-corrected chi connectivity index (χ1v) is 7.97. The number of nitrogens with zero attached hydrogens (tertiary/aromatic N) is 3. The van der Waals surface area contributed by atoms with Crippen molar-refractivity contribution in [3.63, 3.8) is 0 Å². The van der Waals surface area contributed by atoms with Crippen LogP contribution in [0.3, 0.4) is 0 Å². The van der Waals surface area contributed by atoms with E-state index in [1.54, 1.807) is 19.2 Å². The Labute approximate surface area is 137 Å². The molecule has 2 amide bonds. The van der Waals surface area contributed by atoms with Crippen molar-refractivity contribution in [2.45, 2.75) is 32.9 Å². The van der Waals surface area contributed by atoms with Gasteiger partial charge in [-0.15, -0.1) is 0 Å². The van der Waals surface area contributed by atoms with Crippen LogP contribution in [0.15, 0.2) is 34.9 Å². The molecule has 5 nitrogen and oxygen atoms in total. The molecule has 1 N–H and O–H groups in total. The zero-order valence-electron chi connectivity index (χ0n) is 12.5.